The van der Waals surface area contributed by atoms with Gasteiger partial charge in [-0.3, -0.25) is 4.79 Å². The summed E-state index contributed by atoms with van der Waals surface area (Å²) in [5, 5.41) is 0. The molecule has 1 aliphatic rings. The number of hydrogen-bond donors (Lipinski definition) is 0. The molecule has 0 unspecified atom stereocenters. The van der Waals surface area contributed by atoms with Gasteiger partial charge in [-0.05, 0) is 26.7 Å². The monoisotopic (exact) mass is 172 g/mol. The van der Waals surface area contributed by atoms with E-state index < -0.39 is 0 Å². The lowest BCUT2D eigenvalue weighted by Gasteiger charge is -2.05. The van der Waals surface area contributed by atoms with Gasteiger partial charge >= 0.3 is 5.97 Å². The van der Waals surface area contributed by atoms with Gasteiger partial charge in [0.1, 0.15) is 0 Å². The number of carbonyl (C=O) groups excluding carboxylic acids is 1. The largest absolute Gasteiger partial charge is 0.463 e. The Morgan fingerprint density at radius 3 is 2.08 bits per heavy atom. The van der Waals surface area contributed by atoms with Crippen LogP contribution in [0.5, 0.6) is 0 Å². The maximum Gasteiger partial charge on any atom is 0.309 e. The molecule has 0 aromatic rings. The molecule has 72 valence electrons. The molecule has 0 amide bonds. The summed E-state index contributed by atoms with van der Waals surface area (Å²) in [6.07, 6.45) is 3.37. The molecule has 1 fully saturated rings. The number of hydrogen-bond acceptors (Lipinski definition) is 2. The van der Waals surface area contributed by atoms with Crippen LogP contribution in [0.15, 0.2) is 0 Å². The molecule has 0 N–H and O–H groups in total. The van der Waals surface area contributed by atoms with E-state index in [2.05, 4.69) is 13.8 Å². The fraction of sp³-hybridized carbons (Fsp3) is 0.900. The molecule has 0 aliphatic heterocycles. The van der Waals surface area contributed by atoms with Crippen molar-refractivity contribution < 1.29 is 9.53 Å². The highest BCUT2D eigenvalue weighted by molar-refractivity contribution is 5.74. The molecule has 0 aromatic heterocycles. The van der Waals surface area contributed by atoms with Crippen LogP contribution >= 0.6 is 0 Å². The fourth-order valence-electron chi connectivity index (χ4n) is 0.648. The minimum absolute atomic E-state index is 0.00926. The van der Waals surface area contributed by atoms with E-state index >= 15 is 0 Å². The lowest BCUT2D eigenvalue weighted by Crippen LogP contribution is -2.12. The summed E-state index contributed by atoms with van der Waals surface area (Å²) in [5.41, 5.74) is 0. The highest BCUT2D eigenvalue weighted by atomic mass is 16.5. The quantitative estimate of drug-likeness (QED) is 0.599. The van der Waals surface area contributed by atoms with Crippen molar-refractivity contribution in [1.29, 1.82) is 0 Å². The van der Waals surface area contributed by atoms with E-state index in [1.807, 2.05) is 13.8 Å². The SMILES string of the molecule is CC(C)OC(=O)C1CC1.CCC. The summed E-state index contributed by atoms with van der Waals surface area (Å²) >= 11 is 0. The Balaban J connectivity index is 0.000000354. The Bertz CT molecular complexity index is 126. The average molecular weight is 172 g/mol. The maximum absolute atomic E-state index is 10.8. The van der Waals surface area contributed by atoms with Crippen molar-refractivity contribution in [2.24, 2.45) is 5.92 Å². The molecule has 12 heavy (non-hydrogen) atoms. The molecule has 0 aromatic carbocycles. The van der Waals surface area contributed by atoms with Gasteiger partial charge < -0.3 is 4.74 Å². The third kappa shape index (κ3) is 6.20. The molecule has 1 aliphatic carbocycles. The lowest BCUT2D eigenvalue weighted by atomic mass is 10.4. The molecule has 2 heteroatoms. The molecule has 0 atom stereocenters. The molecule has 1 saturated carbocycles. The van der Waals surface area contributed by atoms with Crippen molar-refractivity contribution in [2.75, 3.05) is 0 Å². The van der Waals surface area contributed by atoms with Crippen LogP contribution in [0, 0.1) is 5.92 Å². The van der Waals surface area contributed by atoms with E-state index in [0.717, 1.165) is 12.8 Å². The number of esters is 1. The van der Waals surface area contributed by atoms with Gasteiger partial charge in [0.25, 0.3) is 0 Å². The second-order valence-electron chi connectivity index (χ2n) is 3.47. The van der Waals surface area contributed by atoms with Crippen LogP contribution in [0.3, 0.4) is 0 Å². The predicted molar refractivity (Wildman–Crippen MR) is 49.9 cm³/mol. The van der Waals surface area contributed by atoms with Crippen molar-refractivity contribution in [3.8, 4) is 0 Å². The Morgan fingerprint density at radius 2 is 1.83 bits per heavy atom. The number of carbonyl (C=O) groups is 1. The Kier molecular flexibility index (Phi) is 5.77. The fourth-order valence-corrected chi connectivity index (χ4v) is 0.648. The van der Waals surface area contributed by atoms with E-state index in [0.29, 0.717) is 0 Å². The summed E-state index contributed by atoms with van der Waals surface area (Å²) in [6.45, 7) is 8.00. The van der Waals surface area contributed by atoms with Crippen LogP contribution in [-0.4, -0.2) is 12.1 Å². The molecule has 0 radical (unpaired) electrons. The molecule has 0 spiro atoms. The van der Waals surface area contributed by atoms with Crippen molar-refractivity contribution in [2.45, 2.75) is 53.1 Å². The van der Waals surface area contributed by atoms with Gasteiger partial charge in [-0.1, -0.05) is 20.3 Å². The molecule has 0 heterocycles. The summed E-state index contributed by atoms with van der Waals surface area (Å²) < 4.78 is 4.94. The highest BCUT2D eigenvalue weighted by Crippen LogP contribution is 2.30. The Hall–Kier alpha value is -0.530. The number of ether oxygens (including phenoxy) is 1. The first-order valence-electron chi connectivity index (χ1n) is 4.82. The number of rotatable bonds is 2. The van der Waals surface area contributed by atoms with Crippen molar-refractivity contribution in [3.63, 3.8) is 0 Å². The zero-order valence-electron chi connectivity index (χ0n) is 8.59. The zero-order valence-corrected chi connectivity index (χ0v) is 8.59. The van der Waals surface area contributed by atoms with Gasteiger partial charge in [-0.2, -0.15) is 0 Å². The highest BCUT2D eigenvalue weighted by Gasteiger charge is 2.31. The first kappa shape index (κ1) is 11.5. The molecule has 0 bridgehead atoms. The summed E-state index contributed by atoms with van der Waals surface area (Å²) in [5.74, 6) is 0.234. The summed E-state index contributed by atoms with van der Waals surface area (Å²) in [4.78, 5) is 10.8. The van der Waals surface area contributed by atoms with Gasteiger partial charge in [0.15, 0.2) is 0 Å². The van der Waals surface area contributed by atoms with E-state index in [1.165, 1.54) is 6.42 Å². The van der Waals surface area contributed by atoms with E-state index in [9.17, 15) is 4.79 Å². The Morgan fingerprint density at radius 1 is 1.42 bits per heavy atom. The normalized spacial score (nSPS) is 15.1. The van der Waals surface area contributed by atoms with Crippen LogP contribution in [0.1, 0.15) is 47.0 Å². The van der Waals surface area contributed by atoms with Crippen LogP contribution in [0.2, 0.25) is 0 Å². The zero-order chi connectivity index (χ0) is 9.56. The van der Waals surface area contributed by atoms with Crippen molar-refractivity contribution in [3.05, 3.63) is 0 Å². The minimum Gasteiger partial charge on any atom is -0.463 e. The second kappa shape index (κ2) is 6.04. The van der Waals surface area contributed by atoms with Crippen LogP contribution in [0.25, 0.3) is 0 Å². The maximum atomic E-state index is 10.8. The Labute approximate surface area is 75.3 Å². The summed E-state index contributed by atoms with van der Waals surface area (Å²) in [6, 6.07) is 0. The minimum atomic E-state index is -0.00926. The second-order valence-corrected chi connectivity index (χ2v) is 3.47. The van der Waals surface area contributed by atoms with Crippen molar-refractivity contribution >= 4 is 5.97 Å². The van der Waals surface area contributed by atoms with E-state index in [4.69, 9.17) is 4.74 Å². The standard InChI is InChI=1S/C7H12O2.C3H8/c1-5(2)9-7(8)6-3-4-6;1-3-2/h5-6H,3-4H2,1-2H3;3H2,1-2H3. The lowest BCUT2D eigenvalue weighted by molar-refractivity contribution is -0.148. The molecule has 2 nitrogen and oxygen atoms in total. The third-order valence-electron chi connectivity index (χ3n) is 1.26. The molecular weight excluding hydrogens is 152 g/mol. The van der Waals surface area contributed by atoms with Crippen LogP contribution in [-0.2, 0) is 9.53 Å². The topological polar surface area (TPSA) is 26.3 Å². The van der Waals surface area contributed by atoms with Gasteiger partial charge in [-0.15, -0.1) is 0 Å². The molecule has 0 saturated heterocycles. The van der Waals surface area contributed by atoms with E-state index in [-0.39, 0.29) is 18.0 Å². The van der Waals surface area contributed by atoms with E-state index in [1.54, 1.807) is 0 Å². The third-order valence-corrected chi connectivity index (χ3v) is 1.26. The van der Waals surface area contributed by atoms with Gasteiger partial charge in [-0.25, -0.2) is 0 Å². The molecular formula is C10H20O2. The first-order chi connectivity index (χ1) is 5.61. The predicted octanol–water partition coefficient (Wildman–Crippen LogP) is 2.76. The van der Waals surface area contributed by atoms with Crippen LogP contribution in [0.4, 0.5) is 0 Å². The van der Waals surface area contributed by atoms with Gasteiger partial charge in [0.05, 0.1) is 12.0 Å². The average Bonchev–Trinajstić information content (AvgIpc) is 2.67. The van der Waals surface area contributed by atoms with Gasteiger partial charge in [0.2, 0.25) is 0 Å². The first-order valence-corrected chi connectivity index (χ1v) is 4.82. The molecule has 1 rings (SSSR count). The summed E-state index contributed by atoms with van der Waals surface area (Å²) in [7, 11) is 0. The van der Waals surface area contributed by atoms with Gasteiger partial charge in [0, 0.05) is 0 Å². The van der Waals surface area contributed by atoms with Crippen molar-refractivity contribution in [1.82, 2.24) is 0 Å². The smallest absolute Gasteiger partial charge is 0.309 e. The van der Waals surface area contributed by atoms with Crippen LogP contribution < -0.4 is 0 Å².